The van der Waals surface area contributed by atoms with E-state index in [1.807, 2.05) is 36.4 Å². The zero-order valence-electron chi connectivity index (χ0n) is 15.6. The highest BCUT2D eigenvalue weighted by molar-refractivity contribution is 5.91. The molecule has 0 saturated heterocycles. The number of fused-ring (bicyclic) bond motifs is 1. The van der Waals surface area contributed by atoms with E-state index in [9.17, 15) is 13.2 Å². The fourth-order valence-electron chi connectivity index (χ4n) is 3.18. The molecule has 4 heteroatoms. The summed E-state index contributed by atoms with van der Waals surface area (Å²) in [6.07, 6.45) is 6.74. The highest BCUT2D eigenvalue weighted by Gasteiger charge is 2.16. The van der Waals surface area contributed by atoms with Crippen molar-refractivity contribution in [1.82, 2.24) is 0 Å². The van der Waals surface area contributed by atoms with E-state index in [1.165, 1.54) is 17.7 Å². The molecule has 144 valence electrons. The Morgan fingerprint density at radius 3 is 2.39 bits per heavy atom. The maximum Gasteiger partial charge on any atom is 0.387 e. The SMILES string of the molecule is C=CCCc1ccc(-c2ccc3c(F)c(/C=C/C)c(OC(F)F)cc3c2)cc1. The van der Waals surface area contributed by atoms with Gasteiger partial charge < -0.3 is 4.74 Å². The number of ether oxygens (including phenoxy) is 1. The Balaban J connectivity index is 2.05. The first kappa shape index (κ1) is 19.7. The van der Waals surface area contributed by atoms with E-state index in [2.05, 4.69) is 11.3 Å². The summed E-state index contributed by atoms with van der Waals surface area (Å²) in [7, 11) is 0. The third-order valence-corrected chi connectivity index (χ3v) is 4.55. The van der Waals surface area contributed by atoms with Crippen LogP contribution in [0.15, 0.2) is 67.3 Å². The second kappa shape index (κ2) is 8.79. The van der Waals surface area contributed by atoms with Crippen molar-refractivity contribution in [1.29, 1.82) is 0 Å². The van der Waals surface area contributed by atoms with Crippen molar-refractivity contribution in [3.63, 3.8) is 0 Å². The maximum absolute atomic E-state index is 14.9. The lowest BCUT2D eigenvalue weighted by Crippen LogP contribution is -2.04. The van der Waals surface area contributed by atoms with Gasteiger partial charge in [0.2, 0.25) is 0 Å². The Morgan fingerprint density at radius 2 is 1.75 bits per heavy atom. The van der Waals surface area contributed by atoms with E-state index >= 15 is 0 Å². The van der Waals surface area contributed by atoms with Gasteiger partial charge in [-0.15, -0.1) is 6.58 Å². The third kappa shape index (κ3) is 4.28. The Labute approximate surface area is 162 Å². The van der Waals surface area contributed by atoms with Crippen LogP contribution in [0.4, 0.5) is 13.2 Å². The Hall–Kier alpha value is -3.01. The van der Waals surface area contributed by atoms with Gasteiger partial charge in [0, 0.05) is 5.39 Å². The summed E-state index contributed by atoms with van der Waals surface area (Å²) in [5.41, 5.74) is 3.08. The first-order valence-corrected chi connectivity index (χ1v) is 9.07. The monoisotopic (exact) mass is 382 g/mol. The maximum atomic E-state index is 14.9. The summed E-state index contributed by atoms with van der Waals surface area (Å²) >= 11 is 0. The Morgan fingerprint density at radius 1 is 1.04 bits per heavy atom. The quantitative estimate of drug-likeness (QED) is 0.387. The van der Waals surface area contributed by atoms with E-state index in [1.54, 1.807) is 25.1 Å². The van der Waals surface area contributed by atoms with Gasteiger partial charge in [-0.05, 0) is 54.0 Å². The molecule has 0 aliphatic carbocycles. The zero-order valence-corrected chi connectivity index (χ0v) is 15.6. The lowest BCUT2D eigenvalue weighted by Gasteiger charge is -2.13. The fourth-order valence-corrected chi connectivity index (χ4v) is 3.18. The van der Waals surface area contributed by atoms with Crippen LogP contribution in [0.5, 0.6) is 5.75 Å². The summed E-state index contributed by atoms with van der Waals surface area (Å²) in [4.78, 5) is 0. The predicted molar refractivity (Wildman–Crippen MR) is 109 cm³/mol. The average molecular weight is 382 g/mol. The molecule has 0 spiro atoms. The number of halogens is 3. The van der Waals surface area contributed by atoms with Crippen molar-refractivity contribution in [2.75, 3.05) is 0 Å². The van der Waals surface area contributed by atoms with Gasteiger partial charge in [0.15, 0.2) is 0 Å². The van der Waals surface area contributed by atoms with Crippen molar-refractivity contribution in [3.8, 4) is 16.9 Å². The molecule has 0 N–H and O–H groups in total. The Bertz CT molecular complexity index is 1000. The van der Waals surface area contributed by atoms with Gasteiger partial charge in [-0.1, -0.05) is 54.6 Å². The molecule has 0 amide bonds. The number of benzene rings is 3. The van der Waals surface area contributed by atoms with Gasteiger partial charge in [-0.25, -0.2) is 4.39 Å². The smallest absolute Gasteiger partial charge is 0.387 e. The van der Waals surface area contributed by atoms with Crippen LogP contribution in [0.1, 0.15) is 24.5 Å². The molecular weight excluding hydrogens is 361 g/mol. The van der Waals surface area contributed by atoms with Crippen LogP contribution in [0.3, 0.4) is 0 Å². The van der Waals surface area contributed by atoms with Gasteiger partial charge in [0.05, 0.1) is 5.56 Å². The average Bonchev–Trinajstić information content (AvgIpc) is 2.69. The zero-order chi connectivity index (χ0) is 20.1. The summed E-state index contributed by atoms with van der Waals surface area (Å²) in [6.45, 7) is 2.40. The van der Waals surface area contributed by atoms with Gasteiger partial charge in [-0.3, -0.25) is 0 Å². The molecule has 3 aromatic carbocycles. The second-order valence-electron chi connectivity index (χ2n) is 6.44. The fraction of sp³-hybridized carbons (Fsp3) is 0.167. The molecule has 0 aromatic heterocycles. The van der Waals surface area contributed by atoms with Crippen LogP contribution in [-0.2, 0) is 6.42 Å². The first-order valence-electron chi connectivity index (χ1n) is 9.07. The van der Waals surface area contributed by atoms with Crippen LogP contribution >= 0.6 is 0 Å². The molecule has 0 aliphatic rings. The number of hydrogen-bond acceptors (Lipinski definition) is 1. The molecule has 0 unspecified atom stereocenters. The minimum atomic E-state index is -3.02. The molecule has 0 atom stereocenters. The lowest BCUT2D eigenvalue weighted by molar-refractivity contribution is -0.0500. The molecule has 28 heavy (non-hydrogen) atoms. The topological polar surface area (TPSA) is 9.23 Å². The van der Waals surface area contributed by atoms with Crippen molar-refractivity contribution in [2.45, 2.75) is 26.4 Å². The molecular formula is C24H21F3O. The van der Waals surface area contributed by atoms with Gasteiger partial charge in [-0.2, -0.15) is 8.78 Å². The highest BCUT2D eigenvalue weighted by atomic mass is 19.3. The molecule has 3 rings (SSSR count). The molecule has 0 radical (unpaired) electrons. The van der Waals surface area contributed by atoms with E-state index in [-0.39, 0.29) is 11.3 Å². The number of alkyl halides is 2. The molecule has 0 bridgehead atoms. The summed E-state index contributed by atoms with van der Waals surface area (Å²) < 4.78 is 45.0. The van der Waals surface area contributed by atoms with E-state index in [0.29, 0.717) is 10.8 Å². The summed E-state index contributed by atoms with van der Waals surface area (Å²) in [6, 6.07) is 14.8. The molecule has 0 fully saturated rings. The van der Waals surface area contributed by atoms with E-state index in [4.69, 9.17) is 0 Å². The van der Waals surface area contributed by atoms with Crippen LogP contribution < -0.4 is 4.74 Å². The normalized spacial score (nSPS) is 11.5. The van der Waals surface area contributed by atoms with Crippen molar-refractivity contribution in [3.05, 3.63) is 84.2 Å². The number of rotatable bonds is 7. The van der Waals surface area contributed by atoms with Crippen molar-refractivity contribution < 1.29 is 17.9 Å². The number of allylic oxidation sites excluding steroid dienone is 2. The van der Waals surface area contributed by atoms with Crippen molar-refractivity contribution >= 4 is 16.8 Å². The van der Waals surface area contributed by atoms with E-state index in [0.717, 1.165) is 24.0 Å². The van der Waals surface area contributed by atoms with Crippen LogP contribution in [0.25, 0.3) is 28.0 Å². The standard InChI is InChI=1S/C24H21F3O/c1-3-5-7-16-8-10-17(11-9-16)18-12-13-20-19(14-18)15-22(28-24(26)27)21(6-4-2)23(20)25/h3-4,6,8-15,24H,1,5,7H2,2H3/b6-4+. The van der Waals surface area contributed by atoms with Crippen LogP contribution in [0, 0.1) is 5.82 Å². The van der Waals surface area contributed by atoms with Crippen LogP contribution in [0.2, 0.25) is 0 Å². The summed E-state index contributed by atoms with van der Waals surface area (Å²) in [5, 5.41) is 0.871. The van der Waals surface area contributed by atoms with E-state index < -0.39 is 12.4 Å². The first-order chi connectivity index (χ1) is 13.5. The molecule has 0 aliphatic heterocycles. The van der Waals surface area contributed by atoms with Crippen LogP contribution in [-0.4, -0.2) is 6.61 Å². The minimum absolute atomic E-state index is 0.0228. The van der Waals surface area contributed by atoms with Crippen molar-refractivity contribution in [2.24, 2.45) is 0 Å². The highest BCUT2D eigenvalue weighted by Crippen LogP contribution is 2.34. The predicted octanol–water partition coefficient (Wildman–Crippen LogP) is 7.40. The number of aryl methyl sites for hydroxylation is 1. The second-order valence-corrected chi connectivity index (χ2v) is 6.44. The number of hydrogen-bond donors (Lipinski definition) is 0. The molecule has 0 saturated carbocycles. The van der Waals surface area contributed by atoms with Gasteiger partial charge in [0.1, 0.15) is 11.6 Å². The largest absolute Gasteiger partial charge is 0.434 e. The molecule has 0 heterocycles. The molecule has 1 nitrogen and oxygen atoms in total. The summed E-state index contributed by atoms with van der Waals surface area (Å²) in [5.74, 6) is -0.743. The third-order valence-electron chi connectivity index (χ3n) is 4.55. The Kier molecular flexibility index (Phi) is 6.19. The molecule has 3 aromatic rings. The lowest BCUT2D eigenvalue weighted by atomic mass is 9.97. The van der Waals surface area contributed by atoms with Gasteiger partial charge >= 0.3 is 6.61 Å². The minimum Gasteiger partial charge on any atom is -0.434 e. The van der Waals surface area contributed by atoms with Gasteiger partial charge in [0.25, 0.3) is 0 Å².